The molecule has 1 aromatic rings. The summed E-state index contributed by atoms with van der Waals surface area (Å²) < 4.78 is 0. The van der Waals surface area contributed by atoms with Crippen molar-refractivity contribution >= 4 is 11.8 Å². The Morgan fingerprint density at radius 3 is 2.84 bits per heavy atom. The van der Waals surface area contributed by atoms with E-state index in [-0.39, 0.29) is 17.7 Å². The van der Waals surface area contributed by atoms with E-state index < -0.39 is 5.41 Å². The lowest BCUT2D eigenvalue weighted by Crippen LogP contribution is -2.59. The Bertz CT molecular complexity index is 728. The van der Waals surface area contributed by atoms with Crippen LogP contribution in [0, 0.1) is 17.3 Å². The minimum absolute atomic E-state index is 0.0199. The molecule has 2 aliphatic carbocycles. The number of carbonyl (C=O) groups excluding carboxylic acids is 2. The Labute approximate surface area is 149 Å². The smallest absolute Gasteiger partial charge is 0.235 e. The van der Waals surface area contributed by atoms with Crippen molar-refractivity contribution in [3.63, 3.8) is 0 Å². The maximum Gasteiger partial charge on any atom is 0.235 e. The summed E-state index contributed by atoms with van der Waals surface area (Å²) in [6.45, 7) is 4.66. The van der Waals surface area contributed by atoms with Crippen LogP contribution < -0.4 is 0 Å². The predicted molar refractivity (Wildman–Crippen MR) is 95.1 cm³/mol. The Balaban J connectivity index is 1.68. The molecule has 3 unspecified atom stereocenters. The predicted octanol–water partition coefficient (Wildman–Crippen LogP) is 3.62. The van der Waals surface area contributed by atoms with Gasteiger partial charge in [0.25, 0.3) is 0 Å². The largest absolute Gasteiger partial charge is 0.508 e. The zero-order valence-corrected chi connectivity index (χ0v) is 15.1. The second kappa shape index (κ2) is 5.86. The van der Waals surface area contributed by atoms with Crippen molar-refractivity contribution in [3.05, 3.63) is 29.3 Å². The molecule has 1 heterocycles. The highest BCUT2D eigenvalue weighted by Crippen LogP contribution is 2.58. The molecule has 2 fully saturated rings. The van der Waals surface area contributed by atoms with Crippen molar-refractivity contribution in [1.29, 1.82) is 0 Å². The highest BCUT2D eigenvalue weighted by Gasteiger charge is 2.56. The van der Waals surface area contributed by atoms with Crippen molar-refractivity contribution in [2.45, 2.75) is 58.3 Å². The van der Waals surface area contributed by atoms with Gasteiger partial charge in [0.1, 0.15) is 5.75 Å². The molecule has 4 heteroatoms. The molecule has 0 radical (unpaired) electrons. The average Bonchev–Trinajstić information content (AvgIpc) is 2.59. The molecule has 4 atom stereocenters. The van der Waals surface area contributed by atoms with E-state index in [1.54, 1.807) is 6.07 Å². The second-order valence-corrected chi connectivity index (χ2v) is 8.31. The number of amides is 2. The molecule has 3 aliphatic rings. The minimum atomic E-state index is -0.390. The molecule has 1 N–H and O–H groups in total. The fourth-order valence-corrected chi connectivity index (χ4v) is 5.70. The van der Waals surface area contributed by atoms with Crippen LogP contribution in [-0.4, -0.2) is 28.4 Å². The molecule has 0 aromatic heterocycles. The van der Waals surface area contributed by atoms with Gasteiger partial charge in [-0.25, -0.2) is 0 Å². The number of hydrogen-bond acceptors (Lipinski definition) is 3. The summed E-state index contributed by atoms with van der Waals surface area (Å²) in [5.41, 5.74) is 2.18. The molecule has 134 valence electrons. The first-order valence-electron chi connectivity index (χ1n) is 9.62. The van der Waals surface area contributed by atoms with Gasteiger partial charge >= 0.3 is 0 Å². The summed E-state index contributed by atoms with van der Waals surface area (Å²) in [6, 6.07) is 5.72. The molecular formula is C21H27NO3. The summed E-state index contributed by atoms with van der Waals surface area (Å²) in [4.78, 5) is 27.3. The molecule has 25 heavy (non-hydrogen) atoms. The van der Waals surface area contributed by atoms with Gasteiger partial charge in [0, 0.05) is 13.0 Å². The number of phenolic OH excluding ortho intramolecular Hbond substituents is 1. The third-order valence-electron chi connectivity index (χ3n) is 6.98. The number of benzene rings is 1. The molecule has 2 amide bonds. The second-order valence-electron chi connectivity index (χ2n) is 8.31. The molecule has 1 saturated heterocycles. The summed E-state index contributed by atoms with van der Waals surface area (Å²) in [5, 5.41) is 9.77. The van der Waals surface area contributed by atoms with E-state index in [1.165, 1.54) is 16.0 Å². The molecule has 0 bridgehead atoms. The van der Waals surface area contributed by atoms with Crippen molar-refractivity contribution in [2.75, 3.05) is 6.54 Å². The first kappa shape index (κ1) is 16.6. The number of fused-ring (bicyclic) bond motifs is 5. The number of rotatable bonds is 2. The van der Waals surface area contributed by atoms with Crippen LogP contribution in [0.25, 0.3) is 0 Å². The molecule has 4 nitrogen and oxygen atoms in total. The van der Waals surface area contributed by atoms with E-state index in [4.69, 9.17) is 0 Å². The molecule has 0 spiro atoms. The molecular weight excluding hydrogens is 314 g/mol. The lowest BCUT2D eigenvalue weighted by Gasteiger charge is -2.54. The average molecular weight is 341 g/mol. The van der Waals surface area contributed by atoms with Crippen LogP contribution in [0.2, 0.25) is 0 Å². The quantitative estimate of drug-likeness (QED) is 0.836. The number of aryl methyl sites for hydroxylation is 1. The standard InChI is InChI=1S/C21H27NO3/c1-3-10-22-19(24)12-18-17-6-4-13-11-14(23)5-7-15(13)16(17)8-9-21(18,2)20(22)25/h5,7,11,16-18,23H,3-4,6,8-10,12H2,1-2H3/t16?,17?,18?,21-/m0/s1. The number of hydrogen-bond donors (Lipinski definition) is 1. The van der Waals surface area contributed by atoms with Gasteiger partial charge in [0.15, 0.2) is 0 Å². The van der Waals surface area contributed by atoms with Crippen LogP contribution >= 0.6 is 0 Å². The summed E-state index contributed by atoms with van der Waals surface area (Å²) in [6.07, 6.45) is 5.12. The molecule has 1 aliphatic heterocycles. The van der Waals surface area contributed by atoms with Crippen LogP contribution in [0.5, 0.6) is 5.75 Å². The highest BCUT2D eigenvalue weighted by molar-refractivity contribution is 6.01. The van der Waals surface area contributed by atoms with Gasteiger partial charge in [-0.15, -0.1) is 0 Å². The van der Waals surface area contributed by atoms with Crippen LogP contribution in [0.15, 0.2) is 18.2 Å². The first-order chi connectivity index (χ1) is 12.0. The van der Waals surface area contributed by atoms with Crippen molar-refractivity contribution < 1.29 is 14.7 Å². The monoisotopic (exact) mass is 341 g/mol. The van der Waals surface area contributed by atoms with Gasteiger partial charge in [-0.3, -0.25) is 14.5 Å². The maximum atomic E-state index is 13.1. The normalized spacial score (nSPS) is 34.3. The Morgan fingerprint density at radius 1 is 1.28 bits per heavy atom. The lowest BCUT2D eigenvalue weighted by atomic mass is 9.52. The zero-order chi connectivity index (χ0) is 17.8. The summed E-state index contributed by atoms with van der Waals surface area (Å²) in [7, 11) is 0. The van der Waals surface area contributed by atoms with Gasteiger partial charge in [-0.1, -0.05) is 19.9 Å². The number of nitrogens with zero attached hydrogens (tertiary/aromatic N) is 1. The third kappa shape index (κ3) is 2.41. The van der Waals surface area contributed by atoms with Crippen molar-refractivity contribution in [2.24, 2.45) is 17.3 Å². The van der Waals surface area contributed by atoms with Gasteiger partial charge < -0.3 is 5.11 Å². The first-order valence-corrected chi connectivity index (χ1v) is 9.62. The number of carbonyl (C=O) groups is 2. The molecule has 1 aromatic carbocycles. The lowest BCUT2D eigenvalue weighted by molar-refractivity contribution is -0.167. The number of piperidine rings is 1. The Morgan fingerprint density at radius 2 is 2.08 bits per heavy atom. The van der Waals surface area contributed by atoms with Crippen LogP contribution in [0.3, 0.4) is 0 Å². The number of likely N-dealkylation sites (tertiary alicyclic amines) is 1. The van der Waals surface area contributed by atoms with E-state index in [0.717, 1.165) is 32.1 Å². The fraction of sp³-hybridized carbons (Fsp3) is 0.619. The SMILES string of the molecule is CCCN1C(=O)CC2C3CCc4cc(O)ccc4C3CC[C@]2(C)C1=O. The Kier molecular flexibility index (Phi) is 3.89. The topological polar surface area (TPSA) is 57.6 Å². The summed E-state index contributed by atoms with van der Waals surface area (Å²) in [5.74, 6) is 1.38. The summed E-state index contributed by atoms with van der Waals surface area (Å²) >= 11 is 0. The van der Waals surface area contributed by atoms with Crippen molar-refractivity contribution in [1.82, 2.24) is 4.90 Å². The molecule has 1 saturated carbocycles. The van der Waals surface area contributed by atoms with Gasteiger partial charge in [-0.2, -0.15) is 0 Å². The van der Waals surface area contributed by atoms with E-state index in [2.05, 4.69) is 13.0 Å². The van der Waals surface area contributed by atoms with E-state index in [9.17, 15) is 14.7 Å². The van der Waals surface area contributed by atoms with Crippen LogP contribution in [-0.2, 0) is 16.0 Å². The Hall–Kier alpha value is -1.84. The van der Waals surface area contributed by atoms with E-state index >= 15 is 0 Å². The van der Waals surface area contributed by atoms with Gasteiger partial charge in [-0.05, 0) is 73.1 Å². The van der Waals surface area contributed by atoms with E-state index in [0.29, 0.717) is 30.6 Å². The zero-order valence-electron chi connectivity index (χ0n) is 15.1. The van der Waals surface area contributed by atoms with Crippen LogP contribution in [0.4, 0.5) is 0 Å². The fourth-order valence-electron chi connectivity index (χ4n) is 5.70. The van der Waals surface area contributed by atoms with Gasteiger partial charge in [0.2, 0.25) is 11.8 Å². The highest BCUT2D eigenvalue weighted by atomic mass is 16.3. The number of aromatic hydroxyl groups is 1. The molecule has 4 rings (SSSR count). The number of imide groups is 1. The van der Waals surface area contributed by atoms with Crippen LogP contribution in [0.1, 0.15) is 63.0 Å². The van der Waals surface area contributed by atoms with Crippen molar-refractivity contribution in [3.8, 4) is 5.75 Å². The van der Waals surface area contributed by atoms with Gasteiger partial charge in [0.05, 0.1) is 5.41 Å². The number of phenols is 1. The minimum Gasteiger partial charge on any atom is -0.508 e. The third-order valence-corrected chi connectivity index (χ3v) is 6.98. The van der Waals surface area contributed by atoms with E-state index in [1.807, 2.05) is 13.0 Å². The maximum absolute atomic E-state index is 13.1.